The number of nitrogens with zero attached hydrogens (tertiary/aromatic N) is 2. The van der Waals surface area contributed by atoms with E-state index in [4.69, 9.17) is 9.26 Å². The first-order chi connectivity index (χ1) is 13.9. The summed E-state index contributed by atoms with van der Waals surface area (Å²) < 4.78 is 10.2. The van der Waals surface area contributed by atoms with E-state index in [0.29, 0.717) is 16.8 Å². The molecule has 29 heavy (non-hydrogen) atoms. The van der Waals surface area contributed by atoms with Gasteiger partial charge in [0.05, 0.1) is 4.92 Å². The Balaban J connectivity index is 1.70. The predicted octanol–water partition coefficient (Wildman–Crippen LogP) is 3.66. The van der Waals surface area contributed by atoms with E-state index >= 15 is 0 Å². The number of benzene rings is 2. The summed E-state index contributed by atoms with van der Waals surface area (Å²) in [5.74, 6) is -1.24. The van der Waals surface area contributed by atoms with Gasteiger partial charge >= 0.3 is 5.97 Å². The number of hydrogen-bond acceptors (Lipinski definition) is 7. The highest BCUT2D eigenvalue weighted by molar-refractivity contribution is 6.00. The van der Waals surface area contributed by atoms with Crippen LogP contribution in [0.3, 0.4) is 0 Å². The van der Waals surface area contributed by atoms with Gasteiger partial charge in [-0.15, -0.1) is 0 Å². The van der Waals surface area contributed by atoms with Crippen molar-refractivity contribution in [3.8, 4) is 11.3 Å². The summed E-state index contributed by atoms with van der Waals surface area (Å²) >= 11 is 0. The molecule has 0 atom stereocenters. The maximum Gasteiger partial charge on any atom is 0.344 e. The highest BCUT2D eigenvalue weighted by atomic mass is 16.6. The molecule has 1 N–H and O–H groups in total. The van der Waals surface area contributed by atoms with Crippen LogP contribution in [-0.4, -0.2) is 28.6 Å². The van der Waals surface area contributed by atoms with Gasteiger partial charge in [-0.1, -0.05) is 41.6 Å². The predicted molar refractivity (Wildman–Crippen MR) is 103 cm³/mol. The molecule has 0 aliphatic carbocycles. The van der Waals surface area contributed by atoms with Gasteiger partial charge in [-0.05, 0) is 25.5 Å². The van der Waals surface area contributed by atoms with E-state index in [1.807, 2.05) is 6.07 Å². The lowest BCUT2D eigenvalue weighted by Crippen LogP contribution is -2.21. The molecule has 0 bridgehead atoms. The minimum absolute atomic E-state index is 0.0211. The summed E-state index contributed by atoms with van der Waals surface area (Å²) in [6.07, 6.45) is 0. The minimum Gasteiger partial charge on any atom is -0.452 e. The van der Waals surface area contributed by atoms with Gasteiger partial charge in [-0.25, -0.2) is 4.79 Å². The molecule has 1 amide bonds. The number of ether oxygens (including phenoxy) is 1. The van der Waals surface area contributed by atoms with Crippen LogP contribution in [0.15, 0.2) is 53.1 Å². The van der Waals surface area contributed by atoms with E-state index in [0.717, 1.165) is 0 Å². The maximum absolute atomic E-state index is 12.5. The van der Waals surface area contributed by atoms with Gasteiger partial charge in [0.15, 0.2) is 6.61 Å². The summed E-state index contributed by atoms with van der Waals surface area (Å²) in [5.41, 5.74) is 1.54. The van der Waals surface area contributed by atoms with Crippen LogP contribution in [0.5, 0.6) is 0 Å². The van der Waals surface area contributed by atoms with Crippen molar-refractivity contribution in [2.75, 3.05) is 11.9 Å². The quantitative estimate of drug-likeness (QED) is 0.383. The Hall–Kier alpha value is -4.01. The molecular formula is C20H17N3O6. The first kappa shape index (κ1) is 19.7. The fourth-order valence-electron chi connectivity index (χ4n) is 2.69. The standard InChI is InChI=1S/C20H17N3O6/c1-12-8-9-15(16(10-12)23(26)27)21-17(24)11-28-20(25)18-13(2)29-22-19(18)14-6-4-3-5-7-14/h3-10H,11H2,1-2H3,(H,21,24). The minimum atomic E-state index is -0.781. The van der Waals surface area contributed by atoms with E-state index < -0.39 is 23.4 Å². The van der Waals surface area contributed by atoms with Crippen LogP contribution in [0.2, 0.25) is 0 Å². The van der Waals surface area contributed by atoms with Crippen molar-refractivity contribution in [3.05, 3.63) is 75.5 Å². The van der Waals surface area contributed by atoms with E-state index in [-0.39, 0.29) is 22.7 Å². The first-order valence-corrected chi connectivity index (χ1v) is 8.60. The molecule has 1 heterocycles. The maximum atomic E-state index is 12.5. The van der Waals surface area contributed by atoms with Crippen molar-refractivity contribution in [1.82, 2.24) is 5.16 Å². The molecule has 9 heteroatoms. The number of nitrogens with one attached hydrogen (secondary N) is 1. The Kier molecular flexibility index (Phi) is 5.68. The van der Waals surface area contributed by atoms with E-state index in [1.54, 1.807) is 44.2 Å². The summed E-state index contributed by atoms with van der Waals surface area (Å²) in [4.78, 5) is 35.2. The fraction of sp³-hybridized carbons (Fsp3) is 0.150. The largest absolute Gasteiger partial charge is 0.452 e. The molecule has 0 aliphatic heterocycles. The van der Waals surface area contributed by atoms with E-state index in [2.05, 4.69) is 10.5 Å². The number of anilines is 1. The number of carbonyl (C=O) groups excluding carboxylic acids is 2. The zero-order chi connectivity index (χ0) is 21.0. The Morgan fingerprint density at radius 2 is 1.90 bits per heavy atom. The average molecular weight is 395 g/mol. The van der Waals surface area contributed by atoms with E-state index in [1.165, 1.54) is 12.1 Å². The highest BCUT2D eigenvalue weighted by Gasteiger charge is 2.24. The lowest BCUT2D eigenvalue weighted by atomic mass is 10.1. The molecule has 0 saturated heterocycles. The van der Waals surface area contributed by atoms with Crippen molar-refractivity contribution >= 4 is 23.3 Å². The lowest BCUT2D eigenvalue weighted by molar-refractivity contribution is -0.384. The third kappa shape index (κ3) is 4.46. The Morgan fingerprint density at radius 1 is 1.17 bits per heavy atom. The van der Waals surface area contributed by atoms with Crippen LogP contribution < -0.4 is 5.32 Å². The number of aryl methyl sites for hydroxylation is 2. The Labute approximate surface area is 165 Å². The van der Waals surface area contributed by atoms with Crippen molar-refractivity contribution in [2.24, 2.45) is 0 Å². The molecule has 3 rings (SSSR count). The second kappa shape index (κ2) is 8.34. The van der Waals surface area contributed by atoms with Crippen LogP contribution >= 0.6 is 0 Å². The molecule has 0 fully saturated rings. The number of esters is 1. The Morgan fingerprint density at radius 3 is 2.59 bits per heavy atom. The normalized spacial score (nSPS) is 10.4. The van der Waals surface area contributed by atoms with Crippen LogP contribution in [0.1, 0.15) is 21.7 Å². The van der Waals surface area contributed by atoms with Gasteiger partial charge in [0.25, 0.3) is 11.6 Å². The van der Waals surface area contributed by atoms with Gasteiger partial charge in [-0.2, -0.15) is 0 Å². The summed E-state index contributed by atoms with van der Waals surface area (Å²) in [6, 6.07) is 13.3. The molecule has 1 aromatic heterocycles. The van der Waals surface area contributed by atoms with Gasteiger partial charge in [0, 0.05) is 11.6 Å². The molecule has 0 aliphatic rings. The first-order valence-electron chi connectivity index (χ1n) is 8.60. The Bertz CT molecular complexity index is 1080. The highest BCUT2D eigenvalue weighted by Crippen LogP contribution is 2.27. The number of amides is 1. The molecule has 0 radical (unpaired) electrons. The topological polar surface area (TPSA) is 125 Å². The summed E-state index contributed by atoms with van der Waals surface area (Å²) in [6.45, 7) is 2.64. The zero-order valence-corrected chi connectivity index (χ0v) is 15.7. The number of nitro groups is 1. The van der Waals surface area contributed by atoms with E-state index in [9.17, 15) is 19.7 Å². The summed E-state index contributed by atoms with van der Waals surface area (Å²) in [7, 11) is 0. The monoisotopic (exact) mass is 395 g/mol. The van der Waals surface area contributed by atoms with Gasteiger partial charge in [0.2, 0.25) is 0 Å². The molecule has 0 unspecified atom stereocenters. The number of hydrogen-bond donors (Lipinski definition) is 1. The molecule has 2 aromatic carbocycles. The van der Waals surface area contributed by atoms with Crippen LogP contribution in [0, 0.1) is 24.0 Å². The van der Waals surface area contributed by atoms with Crippen LogP contribution in [0.4, 0.5) is 11.4 Å². The SMILES string of the molecule is Cc1ccc(NC(=O)COC(=O)c2c(-c3ccccc3)noc2C)c([N+](=O)[O-])c1. The molecule has 3 aromatic rings. The average Bonchev–Trinajstić information content (AvgIpc) is 3.09. The van der Waals surface area contributed by atoms with Crippen molar-refractivity contribution in [2.45, 2.75) is 13.8 Å². The van der Waals surface area contributed by atoms with Gasteiger partial charge < -0.3 is 14.6 Å². The number of aromatic nitrogens is 1. The third-order valence-corrected chi connectivity index (χ3v) is 4.07. The van der Waals surface area contributed by atoms with Crippen LogP contribution in [0.25, 0.3) is 11.3 Å². The van der Waals surface area contributed by atoms with Crippen molar-refractivity contribution in [1.29, 1.82) is 0 Å². The number of carbonyl (C=O) groups is 2. The van der Waals surface area contributed by atoms with Crippen LogP contribution in [-0.2, 0) is 9.53 Å². The molecule has 9 nitrogen and oxygen atoms in total. The molecule has 0 saturated carbocycles. The van der Waals surface area contributed by atoms with Crippen molar-refractivity contribution < 1.29 is 23.8 Å². The van der Waals surface area contributed by atoms with Gasteiger partial charge in [0.1, 0.15) is 22.7 Å². The zero-order valence-electron chi connectivity index (χ0n) is 15.7. The molecule has 0 spiro atoms. The second-order valence-electron chi connectivity index (χ2n) is 6.23. The third-order valence-electron chi connectivity index (χ3n) is 4.07. The molecule has 148 valence electrons. The number of nitro benzene ring substituents is 1. The smallest absolute Gasteiger partial charge is 0.344 e. The molecular weight excluding hydrogens is 378 g/mol. The van der Waals surface area contributed by atoms with Gasteiger partial charge in [-0.3, -0.25) is 14.9 Å². The lowest BCUT2D eigenvalue weighted by Gasteiger charge is -2.08. The second-order valence-corrected chi connectivity index (χ2v) is 6.23. The fourth-order valence-corrected chi connectivity index (χ4v) is 2.69. The summed E-state index contributed by atoms with van der Waals surface area (Å²) in [5, 5.41) is 17.4. The van der Waals surface area contributed by atoms with Crippen molar-refractivity contribution in [3.63, 3.8) is 0 Å². The number of rotatable bonds is 6.